The minimum Gasteiger partial charge on any atom is -0.456 e. The molecular formula is C59H40N4O. The zero-order valence-corrected chi connectivity index (χ0v) is 34.9. The van der Waals surface area contributed by atoms with Gasteiger partial charge in [-0.05, 0) is 102 Å². The minimum atomic E-state index is 0.550. The highest BCUT2D eigenvalue weighted by Gasteiger charge is 2.19. The Kier molecular flexibility index (Phi) is 8.97. The summed E-state index contributed by atoms with van der Waals surface area (Å²) < 4.78 is 11.0. The molecule has 5 heteroatoms. The SMILES string of the molecule is C=N/C(=C\C(=NCc1ccccc1)c1ccc(-n2c3ccccc3c3c(-c4ccc5c(c4)c4ccccc4n5-c4ccc5oc6ccccc6c5c4)cccc32)cc1)c1ccccc1. The van der Waals surface area contributed by atoms with Gasteiger partial charge < -0.3 is 13.6 Å². The van der Waals surface area contributed by atoms with E-state index in [0.29, 0.717) is 6.54 Å². The van der Waals surface area contributed by atoms with Gasteiger partial charge in [0.05, 0.1) is 40.0 Å². The van der Waals surface area contributed by atoms with Gasteiger partial charge in [-0.15, -0.1) is 0 Å². The van der Waals surface area contributed by atoms with Crippen molar-refractivity contribution in [3.63, 3.8) is 0 Å². The lowest BCUT2D eigenvalue weighted by Crippen LogP contribution is -2.01. The van der Waals surface area contributed by atoms with Crippen LogP contribution in [-0.2, 0) is 6.54 Å². The normalized spacial score (nSPS) is 12.4. The van der Waals surface area contributed by atoms with E-state index >= 15 is 0 Å². The summed E-state index contributed by atoms with van der Waals surface area (Å²) in [7, 11) is 0. The van der Waals surface area contributed by atoms with E-state index in [1.807, 2.05) is 42.5 Å². The van der Waals surface area contributed by atoms with E-state index in [4.69, 9.17) is 9.41 Å². The fraction of sp³-hybridized carbons (Fsp3) is 0.0169. The molecule has 0 aliphatic carbocycles. The lowest BCUT2D eigenvalue weighted by Gasteiger charge is -2.11. The molecular weight excluding hydrogens is 781 g/mol. The summed E-state index contributed by atoms with van der Waals surface area (Å²) in [6.07, 6.45) is 2.04. The molecule has 0 bridgehead atoms. The van der Waals surface area contributed by atoms with Crippen LogP contribution in [0.25, 0.3) is 93.7 Å². The van der Waals surface area contributed by atoms with Gasteiger partial charge in [-0.2, -0.15) is 0 Å². The number of benzene rings is 9. The number of furan rings is 1. The van der Waals surface area contributed by atoms with E-state index in [9.17, 15) is 0 Å². The van der Waals surface area contributed by atoms with Crippen LogP contribution in [0.5, 0.6) is 0 Å². The van der Waals surface area contributed by atoms with Crippen molar-refractivity contribution in [3.05, 3.63) is 235 Å². The first-order valence-corrected chi connectivity index (χ1v) is 21.6. The van der Waals surface area contributed by atoms with Crippen molar-refractivity contribution >= 4 is 83.7 Å². The standard InChI is InChI=1S/C59H40N4O/c1-60-51(40-17-6-3-7-18-40)37-52(61-38-39-15-4-2-5-16-39)41-27-30-43(31-28-41)62-54-24-12-9-21-48(54)59-45(22-14-25-56(59)62)42-29-33-55-49(35-42)46-19-8-11-23-53(46)63(55)44-32-34-58-50(36-44)47-20-10-13-26-57(47)64-58/h2-37H,1,38H2/b51-37-,61-52?. The van der Waals surface area contributed by atoms with E-state index in [-0.39, 0.29) is 0 Å². The highest BCUT2D eigenvalue weighted by Crippen LogP contribution is 2.42. The van der Waals surface area contributed by atoms with Gasteiger partial charge in [0.2, 0.25) is 0 Å². The van der Waals surface area contributed by atoms with Crippen molar-refractivity contribution in [2.45, 2.75) is 6.54 Å². The first kappa shape index (κ1) is 37.2. The molecule has 12 aromatic rings. The Labute approximate surface area is 369 Å². The second-order valence-corrected chi connectivity index (χ2v) is 16.2. The number of aromatic nitrogens is 2. The average Bonchev–Trinajstić information content (AvgIpc) is 4.02. The number of hydrogen-bond donors (Lipinski definition) is 0. The van der Waals surface area contributed by atoms with Crippen molar-refractivity contribution < 1.29 is 4.42 Å². The summed E-state index contributed by atoms with van der Waals surface area (Å²) in [6, 6.07) is 75.1. The maximum Gasteiger partial charge on any atom is 0.135 e. The van der Waals surface area contributed by atoms with Crippen molar-refractivity contribution in [1.29, 1.82) is 0 Å². The van der Waals surface area contributed by atoms with Crippen LogP contribution >= 0.6 is 0 Å². The number of para-hydroxylation sites is 3. The highest BCUT2D eigenvalue weighted by atomic mass is 16.3. The van der Waals surface area contributed by atoms with Gasteiger partial charge in [0.1, 0.15) is 11.2 Å². The van der Waals surface area contributed by atoms with Crippen LogP contribution in [0.2, 0.25) is 0 Å². The summed E-state index contributed by atoms with van der Waals surface area (Å²) >= 11 is 0. The molecule has 0 aliphatic heterocycles. The lowest BCUT2D eigenvalue weighted by atomic mass is 9.98. The average molecular weight is 821 g/mol. The summed E-state index contributed by atoms with van der Waals surface area (Å²) in [4.78, 5) is 9.56. The molecule has 0 atom stereocenters. The van der Waals surface area contributed by atoms with Crippen LogP contribution in [0.4, 0.5) is 0 Å². The summed E-state index contributed by atoms with van der Waals surface area (Å²) in [5.41, 5.74) is 15.7. The number of aliphatic imine (C=N–C) groups is 2. The van der Waals surface area contributed by atoms with E-state index in [1.165, 1.54) is 38.2 Å². The van der Waals surface area contributed by atoms with Crippen molar-refractivity contribution in [2.75, 3.05) is 0 Å². The van der Waals surface area contributed by atoms with E-state index < -0.39 is 0 Å². The van der Waals surface area contributed by atoms with Crippen LogP contribution in [0.1, 0.15) is 16.7 Å². The first-order chi connectivity index (χ1) is 31.7. The zero-order valence-electron chi connectivity index (χ0n) is 34.9. The van der Waals surface area contributed by atoms with Gasteiger partial charge in [0.25, 0.3) is 0 Å². The Balaban J connectivity index is 0.974. The maximum atomic E-state index is 6.20. The molecule has 0 unspecified atom stereocenters. The zero-order chi connectivity index (χ0) is 42.6. The van der Waals surface area contributed by atoms with Gasteiger partial charge in [-0.1, -0.05) is 146 Å². The van der Waals surface area contributed by atoms with Gasteiger partial charge in [0.15, 0.2) is 0 Å². The summed E-state index contributed by atoms with van der Waals surface area (Å²) in [5.74, 6) is 0. The Bertz CT molecular complexity index is 3810. The molecule has 9 aromatic carbocycles. The Morgan fingerprint density at radius 2 is 1.09 bits per heavy atom. The van der Waals surface area contributed by atoms with E-state index in [2.05, 4.69) is 197 Å². The van der Waals surface area contributed by atoms with Crippen LogP contribution in [0.15, 0.2) is 233 Å². The van der Waals surface area contributed by atoms with Gasteiger partial charge in [-0.25, -0.2) is 0 Å². The summed E-state index contributed by atoms with van der Waals surface area (Å²) in [5, 5.41) is 7.09. The molecule has 12 rings (SSSR count). The fourth-order valence-corrected chi connectivity index (χ4v) is 9.53. The monoisotopic (exact) mass is 820 g/mol. The Morgan fingerprint density at radius 1 is 0.469 bits per heavy atom. The second kappa shape index (κ2) is 15.4. The van der Waals surface area contributed by atoms with Gasteiger partial charge >= 0.3 is 0 Å². The van der Waals surface area contributed by atoms with Gasteiger partial charge in [0, 0.05) is 49.3 Å². The molecule has 5 nitrogen and oxygen atoms in total. The number of allylic oxidation sites excluding steroid dienone is 1. The van der Waals surface area contributed by atoms with E-state index in [1.54, 1.807) is 0 Å². The summed E-state index contributed by atoms with van der Waals surface area (Å²) in [6.45, 7) is 4.46. The molecule has 64 heavy (non-hydrogen) atoms. The molecule has 0 saturated carbocycles. The number of hydrogen-bond acceptors (Lipinski definition) is 3. The molecule has 0 spiro atoms. The number of rotatable bonds is 9. The topological polar surface area (TPSA) is 47.7 Å². The third-order valence-electron chi connectivity index (χ3n) is 12.5. The molecule has 0 aliphatic rings. The molecule has 0 fully saturated rings. The molecule has 0 radical (unpaired) electrons. The minimum absolute atomic E-state index is 0.550. The Hall–Kier alpha value is -8.54. The number of fused-ring (bicyclic) bond motifs is 9. The van der Waals surface area contributed by atoms with Crippen molar-refractivity contribution in [3.8, 4) is 22.5 Å². The molecule has 0 N–H and O–H groups in total. The predicted octanol–water partition coefficient (Wildman–Crippen LogP) is 15.2. The molecule has 0 saturated heterocycles. The largest absolute Gasteiger partial charge is 0.456 e. The van der Waals surface area contributed by atoms with Crippen LogP contribution in [0, 0.1) is 0 Å². The fourth-order valence-electron chi connectivity index (χ4n) is 9.53. The smallest absolute Gasteiger partial charge is 0.135 e. The maximum absolute atomic E-state index is 6.20. The molecule has 302 valence electrons. The Morgan fingerprint density at radius 3 is 1.89 bits per heavy atom. The molecule has 0 amide bonds. The third kappa shape index (κ3) is 6.25. The van der Waals surface area contributed by atoms with Crippen LogP contribution < -0.4 is 0 Å². The van der Waals surface area contributed by atoms with E-state index in [0.717, 1.165) is 78.0 Å². The number of nitrogens with zero attached hydrogens (tertiary/aromatic N) is 4. The van der Waals surface area contributed by atoms with Crippen molar-refractivity contribution in [1.82, 2.24) is 9.13 Å². The lowest BCUT2D eigenvalue weighted by molar-refractivity contribution is 0.669. The highest BCUT2D eigenvalue weighted by molar-refractivity contribution is 6.18. The third-order valence-corrected chi connectivity index (χ3v) is 12.5. The predicted molar refractivity (Wildman–Crippen MR) is 268 cm³/mol. The second-order valence-electron chi connectivity index (χ2n) is 16.2. The quantitative estimate of drug-likeness (QED) is 0.134. The molecule has 3 heterocycles. The van der Waals surface area contributed by atoms with Crippen molar-refractivity contribution in [2.24, 2.45) is 9.98 Å². The first-order valence-electron chi connectivity index (χ1n) is 21.6. The molecule has 3 aromatic heterocycles. The van der Waals surface area contributed by atoms with Crippen LogP contribution in [0.3, 0.4) is 0 Å². The van der Waals surface area contributed by atoms with Crippen LogP contribution in [-0.4, -0.2) is 21.6 Å². The van der Waals surface area contributed by atoms with Gasteiger partial charge in [-0.3, -0.25) is 9.98 Å².